The normalized spacial score (nSPS) is 9.85. The summed E-state index contributed by atoms with van der Waals surface area (Å²) < 4.78 is 10.2. The summed E-state index contributed by atoms with van der Waals surface area (Å²) in [5, 5.41) is 0.381. The van der Waals surface area contributed by atoms with Gasteiger partial charge >= 0.3 is 6.09 Å². The van der Waals surface area contributed by atoms with Crippen molar-refractivity contribution >= 4 is 39.5 Å². The van der Waals surface area contributed by atoms with Crippen molar-refractivity contribution in [1.29, 1.82) is 0 Å². The van der Waals surface area contributed by atoms with Gasteiger partial charge in [-0.2, -0.15) is 0 Å². The fourth-order valence-corrected chi connectivity index (χ4v) is 2.40. The summed E-state index contributed by atoms with van der Waals surface area (Å²) in [6.07, 6.45) is -0.747. The molecule has 20 heavy (non-hydrogen) atoms. The molecule has 6 nitrogen and oxygen atoms in total. The average molecular weight is 366 g/mol. The molecule has 0 aliphatic rings. The number of ether oxygens (including phenoxy) is 2. The van der Waals surface area contributed by atoms with Crippen molar-refractivity contribution in [2.75, 3.05) is 13.7 Å². The van der Waals surface area contributed by atoms with Crippen molar-refractivity contribution in [3.8, 4) is 5.75 Å². The number of hydrogen-bond donors (Lipinski definition) is 2. The lowest BCUT2D eigenvalue weighted by atomic mass is 10.1. The lowest BCUT2D eigenvalue weighted by Crippen LogP contribution is -2.42. The average Bonchev–Trinajstić information content (AvgIpc) is 2.41. The van der Waals surface area contributed by atoms with Gasteiger partial charge in [0.1, 0.15) is 5.75 Å². The van der Waals surface area contributed by atoms with Gasteiger partial charge in [0.15, 0.2) is 0 Å². The first-order chi connectivity index (χ1) is 9.42. The molecule has 0 bridgehead atoms. The number of halogens is 2. The van der Waals surface area contributed by atoms with Gasteiger partial charge in [0.05, 0.1) is 23.8 Å². The van der Waals surface area contributed by atoms with Crippen molar-refractivity contribution < 1.29 is 19.1 Å². The third-order valence-corrected chi connectivity index (χ3v) is 3.61. The quantitative estimate of drug-likeness (QED) is 0.808. The topological polar surface area (TPSA) is 76.7 Å². The molecule has 0 aromatic heterocycles. The molecule has 0 heterocycles. The Morgan fingerprint density at radius 3 is 2.60 bits per heavy atom. The van der Waals surface area contributed by atoms with Crippen LogP contribution in [0.3, 0.4) is 0 Å². The molecular weight excluding hydrogens is 351 g/mol. The van der Waals surface area contributed by atoms with Crippen LogP contribution < -0.4 is 15.6 Å². The number of methoxy groups -OCH3 is 1. The molecule has 1 rings (SSSR count). The first kappa shape index (κ1) is 16.6. The molecule has 0 unspecified atom stereocenters. The van der Waals surface area contributed by atoms with E-state index < -0.39 is 12.0 Å². The summed E-state index contributed by atoms with van der Waals surface area (Å²) >= 11 is 9.31. The Kier molecular flexibility index (Phi) is 6.09. The number of carbonyl (C=O) groups excluding carboxylic acids is 2. The lowest BCUT2D eigenvalue weighted by Gasteiger charge is -2.14. The molecule has 0 radical (unpaired) electrons. The predicted octanol–water partition coefficient (Wildman–Crippen LogP) is 2.81. The van der Waals surface area contributed by atoms with Gasteiger partial charge in [-0.25, -0.2) is 10.2 Å². The van der Waals surface area contributed by atoms with Crippen molar-refractivity contribution in [3.05, 3.63) is 26.7 Å². The van der Waals surface area contributed by atoms with E-state index in [-0.39, 0.29) is 12.2 Å². The number of hydrogen-bond acceptors (Lipinski definition) is 4. The monoisotopic (exact) mass is 364 g/mol. The number of hydrazine groups is 1. The van der Waals surface area contributed by atoms with Crippen LogP contribution in [0.4, 0.5) is 4.79 Å². The van der Waals surface area contributed by atoms with E-state index in [0.717, 1.165) is 0 Å². The minimum absolute atomic E-state index is 0.204. The first-order valence-electron chi connectivity index (χ1n) is 5.68. The molecule has 2 N–H and O–H groups in total. The van der Waals surface area contributed by atoms with Crippen LogP contribution in [0.2, 0.25) is 5.02 Å². The van der Waals surface area contributed by atoms with Gasteiger partial charge in [-0.15, -0.1) is 0 Å². The molecule has 8 heteroatoms. The second kappa shape index (κ2) is 7.35. The highest BCUT2D eigenvalue weighted by Crippen LogP contribution is 2.35. The Balaban J connectivity index is 2.98. The van der Waals surface area contributed by atoms with E-state index in [4.69, 9.17) is 16.3 Å². The molecule has 0 fully saturated rings. The maximum absolute atomic E-state index is 12.1. The molecule has 0 atom stereocenters. The summed E-state index contributed by atoms with van der Waals surface area (Å²) in [6, 6.07) is 1.59. The first-order valence-corrected chi connectivity index (χ1v) is 6.85. The van der Waals surface area contributed by atoms with Gasteiger partial charge in [0.2, 0.25) is 0 Å². The smallest absolute Gasteiger partial charge is 0.426 e. The minimum atomic E-state index is -0.747. The molecule has 2 amide bonds. The highest BCUT2D eigenvalue weighted by Gasteiger charge is 2.20. The van der Waals surface area contributed by atoms with Gasteiger partial charge in [-0.1, -0.05) is 11.6 Å². The van der Waals surface area contributed by atoms with Crippen molar-refractivity contribution in [3.63, 3.8) is 0 Å². The summed E-state index contributed by atoms with van der Waals surface area (Å²) in [4.78, 5) is 23.2. The lowest BCUT2D eigenvalue weighted by molar-refractivity contribution is 0.0911. The summed E-state index contributed by atoms with van der Waals surface area (Å²) in [5.41, 5.74) is 5.19. The molecule has 1 aromatic carbocycles. The van der Waals surface area contributed by atoms with Crippen LogP contribution in [0.5, 0.6) is 5.75 Å². The van der Waals surface area contributed by atoms with Crippen molar-refractivity contribution in [2.45, 2.75) is 13.8 Å². The minimum Gasteiger partial charge on any atom is -0.495 e. The Bertz CT molecular complexity index is 537. The maximum atomic E-state index is 12.1. The van der Waals surface area contributed by atoms with Crippen LogP contribution in [-0.4, -0.2) is 25.7 Å². The Morgan fingerprint density at radius 2 is 2.05 bits per heavy atom. The Labute approximate surface area is 129 Å². The van der Waals surface area contributed by atoms with E-state index in [1.54, 1.807) is 19.9 Å². The maximum Gasteiger partial charge on any atom is 0.426 e. The van der Waals surface area contributed by atoms with Crippen molar-refractivity contribution in [1.82, 2.24) is 10.9 Å². The van der Waals surface area contributed by atoms with E-state index in [0.29, 0.717) is 20.8 Å². The third kappa shape index (κ3) is 3.77. The predicted molar refractivity (Wildman–Crippen MR) is 78.1 cm³/mol. The third-order valence-electron chi connectivity index (χ3n) is 2.43. The number of amides is 2. The fraction of sp³-hybridized carbons (Fsp3) is 0.333. The van der Waals surface area contributed by atoms with Crippen LogP contribution in [-0.2, 0) is 4.74 Å². The second-order valence-corrected chi connectivity index (χ2v) is 4.87. The highest BCUT2D eigenvalue weighted by molar-refractivity contribution is 9.10. The van der Waals surface area contributed by atoms with Gasteiger partial charge in [-0.05, 0) is 35.3 Å². The van der Waals surface area contributed by atoms with Gasteiger partial charge < -0.3 is 9.47 Å². The van der Waals surface area contributed by atoms with E-state index in [9.17, 15) is 9.59 Å². The molecule has 0 saturated heterocycles. The summed E-state index contributed by atoms with van der Waals surface area (Å²) in [5.74, 6) is -0.120. The zero-order valence-electron chi connectivity index (χ0n) is 11.2. The van der Waals surface area contributed by atoms with Gasteiger partial charge in [-0.3, -0.25) is 10.2 Å². The van der Waals surface area contributed by atoms with Crippen LogP contribution >= 0.6 is 27.5 Å². The SMILES string of the molecule is CCOC(=O)NNC(=O)c1c(C)c(Cl)cc(OC)c1Br. The Morgan fingerprint density at radius 1 is 1.40 bits per heavy atom. The van der Waals surface area contributed by atoms with Crippen LogP contribution in [0, 0.1) is 6.92 Å². The largest absolute Gasteiger partial charge is 0.495 e. The molecule has 0 aliphatic carbocycles. The molecule has 0 spiro atoms. The Hall–Kier alpha value is -1.47. The number of benzene rings is 1. The molecular formula is C12H14BrClN2O4. The van der Waals surface area contributed by atoms with Crippen LogP contribution in [0.15, 0.2) is 10.5 Å². The number of carbonyl (C=O) groups is 2. The summed E-state index contributed by atoms with van der Waals surface area (Å²) in [6.45, 7) is 3.55. The number of nitrogens with one attached hydrogen (secondary N) is 2. The van der Waals surface area contributed by atoms with E-state index in [1.165, 1.54) is 7.11 Å². The standard InChI is InChI=1S/C12H14BrClN2O4/c1-4-20-12(18)16-15-11(17)9-6(2)7(14)5-8(19-3)10(9)13/h5H,4H2,1-3H3,(H,15,17)(H,16,18). The summed E-state index contributed by atoms with van der Waals surface area (Å²) in [7, 11) is 1.46. The number of rotatable bonds is 3. The van der Waals surface area contributed by atoms with E-state index in [2.05, 4.69) is 31.5 Å². The zero-order chi connectivity index (χ0) is 15.3. The molecule has 1 aromatic rings. The second-order valence-electron chi connectivity index (χ2n) is 3.67. The van der Waals surface area contributed by atoms with Gasteiger partial charge in [0.25, 0.3) is 5.91 Å². The van der Waals surface area contributed by atoms with Crippen LogP contribution in [0.1, 0.15) is 22.8 Å². The van der Waals surface area contributed by atoms with Crippen molar-refractivity contribution in [2.24, 2.45) is 0 Å². The van der Waals surface area contributed by atoms with Crippen LogP contribution in [0.25, 0.3) is 0 Å². The van der Waals surface area contributed by atoms with E-state index in [1.807, 2.05) is 0 Å². The highest BCUT2D eigenvalue weighted by atomic mass is 79.9. The van der Waals surface area contributed by atoms with E-state index >= 15 is 0 Å². The molecule has 110 valence electrons. The molecule has 0 aliphatic heterocycles. The fourth-order valence-electron chi connectivity index (χ4n) is 1.45. The van der Waals surface area contributed by atoms with Gasteiger partial charge in [0, 0.05) is 11.1 Å². The zero-order valence-corrected chi connectivity index (χ0v) is 13.5. The molecule has 0 saturated carbocycles.